The smallest absolute Gasteiger partial charge is 0.0656 e. The van der Waals surface area contributed by atoms with Crippen molar-refractivity contribution in [3.63, 3.8) is 0 Å². The Labute approximate surface area is 165 Å². The van der Waals surface area contributed by atoms with Gasteiger partial charge in [-0.3, -0.25) is 0 Å². The Bertz CT molecular complexity index is 861. The van der Waals surface area contributed by atoms with Crippen LogP contribution < -0.4 is 5.32 Å². The van der Waals surface area contributed by atoms with Crippen molar-refractivity contribution in [2.24, 2.45) is 5.92 Å². The number of hydrogen-bond acceptors (Lipinski definition) is 1. The molecule has 0 fully saturated rings. The molecule has 0 aromatic heterocycles. The first kappa shape index (κ1) is 16.9. The summed E-state index contributed by atoms with van der Waals surface area (Å²) >= 11 is 31.8. The molecule has 24 heavy (non-hydrogen) atoms. The molecule has 6 heteroatoms. The van der Waals surface area contributed by atoms with Gasteiger partial charge in [0.1, 0.15) is 0 Å². The minimum absolute atomic E-state index is 0.00144. The Morgan fingerprint density at radius 2 is 1.71 bits per heavy atom. The van der Waals surface area contributed by atoms with E-state index in [0.717, 1.165) is 23.2 Å². The molecule has 2 aromatic carbocycles. The summed E-state index contributed by atoms with van der Waals surface area (Å²) in [5.41, 5.74) is 2.75. The van der Waals surface area contributed by atoms with Gasteiger partial charge in [0.25, 0.3) is 0 Å². The molecule has 2 aromatic rings. The Morgan fingerprint density at radius 1 is 0.917 bits per heavy atom. The second-order valence-corrected chi connectivity index (χ2v) is 8.04. The van der Waals surface area contributed by atoms with Crippen molar-refractivity contribution in [2.75, 3.05) is 5.32 Å². The van der Waals surface area contributed by atoms with E-state index in [1.54, 1.807) is 12.1 Å². The molecule has 0 amide bonds. The van der Waals surface area contributed by atoms with Crippen LogP contribution in [0.3, 0.4) is 0 Å². The van der Waals surface area contributed by atoms with Gasteiger partial charge in [0.2, 0.25) is 0 Å². The fourth-order valence-corrected chi connectivity index (χ4v) is 4.96. The predicted molar refractivity (Wildman–Crippen MR) is 104 cm³/mol. The average molecular weight is 420 g/mol. The van der Waals surface area contributed by atoms with Crippen molar-refractivity contribution >= 4 is 63.7 Å². The van der Waals surface area contributed by atoms with Crippen molar-refractivity contribution < 1.29 is 0 Å². The third-order valence-electron chi connectivity index (χ3n) is 4.80. The topological polar surface area (TPSA) is 12.0 Å². The van der Waals surface area contributed by atoms with Gasteiger partial charge in [-0.1, -0.05) is 82.3 Å². The zero-order chi connectivity index (χ0) is 17.0. The SMILES string of the molecule is Clc1cccc(C2Nc3c(Cl)cc(Cl)c(Cl)c3C3C=CCC32)c1Cl. The molecule has 2 aliphatic rings. The molecule has 0 bridgehead atoms. The van der Waals surface area contributed by atoms with Crippen LogP contribution >= 0.6 is 58.0 Å². The minimum Gasteiger partial charge on any atom is -0.376 e. The normalized spacial score (nSPS) is 24.5. The standard InChI is InChI=1S/C18H12Cl5N/c19-11-6-2-5-10(15(11)22)17-9-4-1-3-8(9)14-16(23)12(20)7-13(21)18(14)24-17/h1-3,5-9,17,24H,4H2. The molecular weight excluding hydrogens is 407 g/mol. The fraction of sp³-hybridized carbons (Fsp3) is 0.222. The molecule has 3 atom stereocenters. The zero-order valence-corrected chi connectivity index (χ0v) is 16.1. The number of fused-ring (bicyclic) bond motifs is 3. The molecule has 1 nitrogen and oxygen atoms in total. The van der Waals surface area contributed by atoms with E-state index in [1.165, 1.54) is 0 Å². The molecule has 0 spiro atoms. The summed E-state index contributed by atoms with van der Waals surface area (Å²) < 4.78 is 0. The molecule has 0 saturated heterocycles. The molecular formula is C18H12Cl5N. The molecule has 1 N–H and O–H groups in total. The summed E-state index contributed by atoms with van der Waals surface area (Å²) in [7, 11) is 0. The van der Waals surface area contributed by atoms with E-state index in [0.29, 0.717) is 25.1 Å². The van der Waals surface area contributed by atoms with Gasteiger partial charge in [0, 0.05) is 11.5 Å². The van der Waals surface area contributed by atoms with E-state index in [2.05, 4.69) is 17.5 Å². The van der Waals surface area contributed by atoms with Gasteiger partial charge in [0.15, 0.2) is 0 Å². The third kappa shape index (κ3) is 2.53. The van der Waals surface area contributed by atoms with E-state index in [4.69, 9.17) is 58.0 Å². The van der Waals surface area contributed by atoms with Gasteiger partial charge in [0.05, 0.1) is 36.8 Å². The van der Waals surface area contributed by atoms with E-state index in [1.807, 2.05) is 12.1 Å². The molecule has 3 unspecified atom stereocenters. The highest BCUT2D eigenvalue weighted by Crippen LogP contribution is 2.55. The van der Waals surface area contributed by atoms with Crippen LogP contribution in [0.1, 0.15) is 29.5 Å². The summed E-state index contributed by atoms with van der Waals surface area (Å²) in [6.07, 6.45) is 5.27. The van der Waals surface area contributed by atoms with Crippen molar-refractivity contribution in [1.29, 1.82) is 0 Å². The number of halogens is 5. The summed E-state index contributed by atoms with van der Waals surface area (Å²) in [6.45, 7) is 0. The van der Waals surface area contributed by atoms with Crippen LogP contribution in [0.15, 0.2) is 36.4 Å². The summed E-state index contributed by atoms with van der Waals surface area (Å²) in [6, 6.07) is 7.37. The van der Waals surface area contributed by atoms with E-state index >= 15 is 0 Å². The Kier molecular flexibility index (Phi) is 4.43. The van der Waals surface area contributed by atoms with Crippen LogP contribution in [0.2, 0.25) is 25.1 Å². The Hall–Kier alpha value is -0.570. The van der Waals surface area contributed by atoms with Gasteiger partial charge < -0.3 is 5.32 Å². The molecule has 1 aliphatic carbocycles. The molecule has 0 radical (unpaired) electrons. The molecule has 1 aliphatic heterocycles. The van der Waals surface area contributed by atoms with Crippen molar-refractivity contribution in [1.82, 2.24) is 0 Å². The maximum absolute atomic E-state index is 6.49. The van der Waals surface area contributed by atoms with Crippen LogP contribution in [0.4, 0.5) is 5.69 Å². The predicted octanol–water partition coefficient (Wildman–Crippen LogP) is 7.78. The van der Waals surface area contributed by atoms with E-state index in [-0.39, 0.29) is 17.9 Å². The minimum atomic E-state index is -0.00144. The van der Waals surface area contributed by atoms with Crippen LogP contribution in [0.5, 0.6) is 0 Å². The highest BCUT2D eigenvalue weighted by molar-refractivity contribution is 6.45. The second kappa shape index (κ2) is 6.30. The van der Waals surface area contributed by atoms with Gasteiger partial charge in [-0.2, -0.15) is 0 Å². The summed E-state index contributed by atoms with van der Waals surface area (Å²) in [4.78, 5) is 0. The average Bonchev–Trinajstić information content (AvgIpc) is 3.04. The first-order valence-corrected chi connectivity index (χ1v) is 9.42. The largest absolute Gasteiger partial charge is 0.376 e. The highest BCUT2D eigenvalue weighted by Gasteiger charge is 2.41. The van der Waals surface area contributed by atoms with Crippen LogP contribution in [-0.4, -0.2) is 0 Å². The maximum Gasteiger partial charge on any atom is 0.0656 e. The van der Waals surface area contributed by atoms with Gasteiger partial charge in [-0.25, -0.2) is 0 Å². The van der Waals surface area contributed by atoms with Gasteiger partial charge in [-0.05, 0) is 30.0 Å². The van der Waals surface area contributed by atoms with Crippen molar-refractivity contribution in [2.45, 2.75) is 18.4 Å². The third-order valence-corrected chi connectivity index (χ3v) is 6.73. The van der Waals surface area contributed by atoms with Crippen molar-refractivity contribution in [3.05, 3.63) is 72.7 Å². The highest BCUT2D eigenvalue weighted by atomic mass is 35.5. The number of nitrogens with one attached hydrogen (secondary N) is 1. The van der Waals surface area contributed by atoms with E-state index < -0.39 is 0 Å². The lowest BCUT2D eigenvalue weighted by atomic mass is 9.77. The number of rotatable bonds is 1. The molecule has 4 rings (SSSR count). The van der Waals surface area contributed by atoms with Crippen molar-refractivity contribution in [3.8, 4) is 0 Å². The number of anilines is 1. The maximum atomic E-state index is 6.49. The lowest BCUT2D eigenvalue weighted by Crippen LogP contribution is -2.29. The monoisotopic (exact) mass is 417 g/mol. The summed E-state index contributed by atoms with van der Waals surface area (Å²) in [5, 5.41) is 6.23. The van der Waals surface area contributed by atoms with Crippen LogP contribution in [0, 0.1) is 5.92 Å². The lowest BCUT2D eigenvalue weighted by molar-refractivity contribution is 0.426. The number of allylic oxidation sites excluding steroid dienone is 2. The second-order valence-electron chi connectivity index (χ2n) is 6.06. The zero-order valence-electron chi connectivity index (χ0n) is 12.3. The quantitative estimate of drug-likeness (QED) is 0.367. The van der Waals surface area contributed by atoms with Crippen LogP contribution in [0.25, 0.3) is 0 Å². The Morgan fingerprint density at radius 3 is 2.50 bits per heavy atom. The Balaban J connectivity index is 1.90. The molecule has 124 valence electrons. The molecule has 1 heterocycles. The lowest BCUT2D eigenvalue weighted by Gasteiger charge is -2.39. The van der Waals surface area contributed by atoms with Crippen LogP contribution in [-0.2, 0) is 0 Å². The van der Waals surface area contributed by atoms with Gasteiger partial charge >= 0.3 is 0 Å². The number of benzene rings is 2. The van der Waals surface area contributed by atoms with E-state index in [9.17, 15) is 0 Å². The first-order chi connectivity index (χ1) is 11.5. The first-order valence-electron chi connectivity index (χ1n) is 7.53. The number of hydrogen-bond donors (Lipinski definition) is 1. The van der Waals surface area contributed by atoms with Gasteiger partial charge in [-0.15, -0.1) is 0 Å². The fourth-order valence-electron chi connectivity index (χ4n) is 3.73. The molecule has 0 saturated carbocycles. The summed E-state index contributed by atoms with van der Waals surface area (Å²) in [5.74, 6) is 0.422.